The molecule has 1 aromatic carbocycles. The largest absolute Gasteiger partial charge is 0.480 e. The van der Waals surface area contributed by atoms with Gasteiger partial charge in [-0.25, -0.2) is 4.79 Å². The minimum atomic E-state index is -1.17. The van der Waals surface area contributed by atoms with Crippen molar-refractivity contribution in [2.75, 3.05) is 0 Å². The Morgan fingerprint density at radius 3 is 2.50 bits per heavy atom. The van der Waals surface area contributed by atoms with Crippen molar-refractivity contribution < 1.29 is 19.5 Å². The number of aliphatic carboxylic acids is 1. The number of amides is 1. The minimum Gasteiger partial charge on any atom is -0.480 e. The summed E-state index contributed by atoms with van der Waals surface area (Å²) in [7, 11) is 0. The Bertz CT molecular complexity index is 516. The first-order valence-corrected chi connectivity index (χ1v) is 6.63. The quantitative estimate of drug-likeness (QED) is 0.809. The molecule has 0 radical (unpaired) electrons. The van der Waals surface area contributed by atoms with E-state index in [9.17, 15) is 14.4 Å². The van der Waals surface area contributed by atoms with E-state index in [1.165, 1.54) is 6.07 Å². The van der Waals surface area contributed by atoms with E-state index in [2.05, 4.69) is 5.32 Å². The second-order valence-electron chi connectivity index (χ2n) is 4.28. The first kappa shape index (κ1) is 16.2. The van der Waals surface area contributed by atoms with E-state index >= 15 is 0 Å². The summed E-state index contributed by atoms with van der Waals surface area (Å²) in [6, 6.07) is 5.26. The average Bonchev–Trinajstić information content (AvgIpc) is 2.42. The third-order valence-electron chi connectivity index (χ3n) is 2.83. The molecule has 0 aromatic heterocycles. The molecule has 108 valence electrons. The van der Waals surface area contributed by atoms with E-state index in [0.717, 1.165) is 0 Å². The summed E-state index contributed by atoms with van der Waals surface area (Å²) in [6.07, 6.45) is 0.541. The molecule has 5 nitrogen and oxygen atoms in total. The van der Waals surface area contributed by atoms with Crippen LogP contribution in [0.5, 0.6) is 0 Å². The van der Waals surface area contributed by atoms with Crippen molar-refractivity contribution in [3.8, 4) is 0 Å². The highest BCUT2D eigenvalue weighted by molar-refractivity contribution is 6.33. The first-order chi connectivity index (χ1) is 9.45. The van der Waals surface area contributed by atoms with Gasteiger partial charge >= 0.3 is 5.97 Å². The van der Waals surface area contributed by atoms with Crippen molar-refractivity contribution in [1.29, 1.82) is 0 Å². The number of benzene rings is 1. The predicted molar refractivity (Wildman–Crippen MR) is 74.9 cm³/mol. The molecule has 1 aromatic rings. The van der Waals surface area contributed by atoms with Crippen LogP contribution in [0, 0.1) is 0 Å². The Hall–Kier alpha value is -1.88. The molecule has 1 atom stereocenters. The fraction of sp³-hybridized carbons (Fsp3) is 0.357. The Balaban J connectivity index is 2.71. The molecule has 2 N–H and O–H groups in total. The summed E-state index contributed by atoms with van der Waals surface area (Å²) >= 11 is 5.87. The number of nitrogens with one attached hydrogen (secondary N) is 1. The zero-order valence-corrected chi connectivity index (χ0v) is 11.8. The van der Waals surface area contributed by atoms with Gasteiger partial charge in [0.2, 0.25) is 0 Å². The standard InChI is InChI=1S/C14H16ClNO4/c1-2-9(17)7-8-12(14(19)20)16-13(18)10-5-3-4-6-11(10)15/h3-6,12H,2,7-8H2,1H3,(H,16,18)(H,19,20)/t12-/m0/s1. The lowest BCUT2D eigenvalue weighted by molar-refractivity contribution is -0.139. The van der Waals surface area contributed by atoms with Crippen LogP contribution in [0.25, 0.3) is 0 Å². The molecule has 0 fully saturated rings. The summed E-state index contributed by atoms with van der Waals surface area (Å²) in [5.41, 5.74) is 0.210. The highest BCUT2D eigenvalue weighted by Crippen LogP contribution is 2.15. The number of carboxylic acid groups (broad SMARTS) is 1. The van der Waals surface area contributed by atoms with Crippen LogP contribution in [0.1, 0.15) is 36.5 Å². The number of carbonyl (C=O) groups excluding carboxylic acids is 2. The number of carboxylic acids is 1. The first-order valence-electron chi connectivity index (χ1n) is 6.25. The zero-order valence-electron chi connectivity index (χ0n) is 11.1. The predicted octanol–water partition coefficient (Wildman–Crippen LogP) is 2.28. The van der Waals surface area contributed by atoms with Crippen molar-refractivity contribution >= 4 is 29.3 Å². The summed E-state index contributed by atoms with van der Waals surface area (Å²) in [5, 5.41) is 11.7. The van der Waals surface area contributed by atoms with Crippen LogP contribution in [-0.2, 0) is 9.59 Å². The lowest BCUT2D eigenvalue weighted by Crippen LogP contribution is -2.41. The molecule has 0 bridgehead atoms. The lowest BCUT2D eigenvalue weighted by Gasteiger charge is -2.14. The monoisotopic (exact) mass is 297 g/mol. The second-order valence-corrected chi connectivity index (χ2v) is 4.68. The SMILES string of the molecule is CCC(=O)CC[C@H](NC(=O)c1ccccc1Cl)C(=O)O. The molecule has 0 aliphatic carbocycles. The third-order valence-corrected chi connectivity index (χ3v) is 3.16. The fourth-order valence-electron chi connectivity index (χ4n) is 1.62. The van der Waals surface area contributed by atoms with Crippen LogP contribution in [0.15, 0.2) is 24.3 Å². The minimum absolute atomic E-state index is 0.0387. The lowest BCUT2D eigenvalue weighted by atomic mass is 10.1. The van der Waals surface area contributed by atoms with Gasteiger partial charge in [0.15, 0.2) is 0 Å². The van der Waals surface area contributed by atoms with Crippen LogP contribution >= 0.6 is 11.6 Å². The molecule has 0 aliphatic rings. The summed E-state index contributed by atoms with van der Waals surface area (Å²) in [5.74, 6) is -1.77. The number of carbonyl (C=O) groups is 3. The molecule has 0 saturated carbocycles. The van der Waals surface area contributed by atoms with Gasteiger partial charge in [-0.05, 0) is 18.6 Å². The summed E-state index contributed by atoms with van der Waals surface area (Å²) in [4.78, 5) is 34.3. The van der Waals surface area contributed by atoms with Gasteiger partial charge in [0.05, 0.1) is 10.6 Å². The Kier molecular flexibility index (Phi) is 6.18. The van der Waals surface area contributed by atoms with E-state index in [1.807, 2.05) is 0 Å². The summed E-state index contributed by atoms with van der Waals surface area (Å²) < 4.78 is 0. The smallest absolute Gasteiger partial charge is 0.326 e. The normalized spacial score (nSPS) is 11.7. The van der Waals surface area contributed by atoms with Crippen LogP contribution in [0.4, 0.5) is 0 Å². The van der Waals surface area contributed by atoms with E-state index in [0.29, 0.717) is 6.42 Å². The highest BCUT2D eigenvalue weighted by Gasteiger charge is 2.22. The van der Waals surface area contributed by atoms with Crippen LogP contribution in [0.3, 0.4) is 0 Å². The van der Waals surface area contributed by atoms with Gasteiger partial charge in [-0.1, -0.05) is 30.7 Å². The summed E-state index contributed by atoms with van der Waals surface area (Å²) in [6.45, 7) is 1.71. The zero-order chi connectivity index (χ0) is 15.1. The molecule has 1 rings (SSSR count). The van der Waals surface area contributed by atoms with Gasteiger partial charge < -0.3 is 10.4 Å². The molecule has 1 amide bonds. The maximum Gasteiger partial charge on any atom is 0.326 e. The van der Waals surface area contributed by atoms with Crippen molar-refractivity contribution in [1.82, 2.24) is 5.32 Å². The van der Waals surface area contributed by atoms with E-state index in [4.69, 9.17) is 16.7 Å². The topological polar surface area (TPSA) is 83.5 Å². The highest BCUT2D eigenvalue weighted by atomic mass is 35.5. The van der Waals surface area contributed by atoms with Gasteiger partial charge in [0.1, 0.15) is 11.8 Å². The van der Waals surface area contributed by atoms with E-state index < -0.39 is 17.9 Å². The third kappa shape index (κ3) is 4.66. The van der Waals surface area contributed by atoms with Gasteiger partial charge in [-0.3, -0.25) is 9.59 Å². The molecule has 6 heteroatoms. The van der Waals surface area contributed by atoms with Crippen molar-refractivity contribution in [3.05, 3.63) is 34.9 Å². The Labute approximate surface area is 121 Å². The van der Waals surface area contributed by atoms with Gasteiger partial charge in [-0.2, -0.15) is 0 Å². The molecule has 0 heterocycles. The van der Waals surface area contributed by atoms with E-state index in [-0.39, 0.29) is 29.2 Å². The fourth-order valence-corrected chi connectivity index (χ4v) is 1.84. The van der Waals surface area contributed by atoms with Crippen LogP contribution in [-0.4, -0.2) is 28.8 Å². The molecule has 0 unspecified atom stereocenters. The molecule has 20 heavy (non-hydrogen) atoms. The number of Topliss-reactive ketones (excluding diaryl/α,β-unsaturated/α-hetero) is 1. The van der Waals surface area contributed by atoms with Crippen molar-refractivity contribution in [3.63, 3.8) is 0 Å². The molecular formula is C14H16ClNO4. The number of hydrogen-bond donors (Lipinski definition) is 2. The van der Waals surface area contributed by atoms with Gasteiger partial charge in [0.25, 0.3) is 5.91 Å². The van der Waals surface area contributed by atoms with Gasteiger partial charge in [0, 0.05) is 12.8 Å². The Morgan fingerprint density at radius 1 is 1.30 bits per heavy atom. The van der Waals surface area contributed by atoms with Gasteiger partial charge in [-0.15, -0.1) is 0 Å². The van der Waals surface area contributed by atoms with Crippen LogP contribution in [0.2, 0.25) is 5.02 Å². The maximum absolute atomic E-state index is 12.0. The number of hydrogen-bond acceptors (Lipinski definition) is 3. The number of halogens is 1. The maximum atomic E-state index is 12.0. The van der Waals surface area contributed by atoms with Crippen molar-refractivity contribution in [2.45, 2.75) is 32.2 Å². The number of ketones is 1. The van der Waals surface area contributed by atoms with Crippen molar-refractivity contribution in [2.24, 2.45) is 0 Å². The molecule has 0 aliphatic heterocycles. The molecule has 0 saturated heterocycles. The Morgan fingerprint density at radius 2 is 1.95 bits per heavy atom. The van der Waals surface area contributed by atoms with E-state index in [1.54, 1.807) is 25.1 Å². The number of rotatable bonds is 7. The van der Waals surface area contributed by atoms with Crippen LogP contribution < -0.4 is 5.32 Å². The molecule has 0 spiro atoms. The second kappa shape index (κ2) is 7.65. The average molecular weight is 298 g/mol. The molecular weight excluding hydrogens is 282 g/mol.